The summed E-state index contributed by atoms with van der Waals surface area (Å²) < 4.78 is 0. The maximum atomic E-state index is 3.85. The van der Waals surface area contributed by atoms with Crippen LogP contribution in [-0.4, -0.2) is 12.1 Å². The van der Waals surface area contributed by atoms with Gasteiger partial charge in [0.25, 0.3) is 0 Å². The summed E-state index contributed by atoms with van der Waals surface area (Å²) >= 11 is 0. The summed E-state index contributed by atoms with van der Waals surface area (Å²) in [6.45, 7) is 9.33. The SMILES string of the molecule is CCC1CCCCC1NC(C)CC(C)C. The second-order valence-electron chi connectivity index (χ2n) is 5.76. The highest BCUT2D eigenvalue weighted by Crippen LogP contribution is 2.27. The van der Waals surface area contributed by atoms with Crippen molar-refractivity contribution in [2.24, 2.45) is 11.8 Å². The Hall–Kier alpha value is -0.0400. The molecule has 1 heteroatoms. The van der Waals surface area contributed by atoms with E-state index in [1.54, 1.807) is 0 Å². The molecular formula is C14H29N. The van der Waals surface area contributed by atoms with Crippen molar-refractivity contribution in [3.05, 3.63) is 0 Å². The maximum absolute atomic E-state index is 3.85. The van der Waals surface area contributed by atoms with Crippen molar-refractivity contribution >= 4 is 0 Å². The van der Waals surface area contributed by atoms with Crippen LogP contribution in [-0.2, 0) is 0 Å². The predicted molar refractivity (Wildman–Crippen MR) is 68.1 cm³/mol. The van der Waals surface area contributed by atoms with Crippen molar-refractivity contribution < 1.29 is 0 Å². The molecule has 3 unspecified atom stereocenters. The zero-order valence-corrected chi connectivity index (χ0v) is 11.1. The lowest BCUT2D eigenvalue weighted by atomic mass is 9.82. The molecule has 1 aliphatic carbocycles. The summed E-state index contributed by atoms with van der Waals surface area (Å²) in [5, 5.41) is 3.85. The molecular weight excluding hydrogens is 182 g/mol. The van der Waals surface area contributed by atoms with Crippen LogP contribution in [0.15, 0.2) is 0 Å². The Morgan fingerprint density at radius 1 is 1.13 bits per heavy atom. The highest BCUT2D eigenvalue weighted by molar-refractivity contribution is 4.82. The summed E-state index contributed by atoms with van der Waals surface area (Å²) in [6.07, 6.45) is 8.40. The average Bonchev–Trinajstić information content (AvgIpc) is 2.17. The van der Waals surface area contributed by atoms with Gasteiger partial charge in [0.15, 0.2) is 0 Å². The van der Waals surface area contributed by atoms with Crippen LogP contribution in [0.1, 0.15) is 66.2 Å². The Bertz CT molecular complexity index is 165. The van der Waals surface area contributed by atoms with E-state index in [-0.39, 0.29) is 0 Å². The molecule has 0 aromatic rings. The molecule has 0 bridgehead atoms. The molecule has 0 spiro atoms. The fourth-order valence-corrected chi connectivity index (χ4v) is 3.06. The number of hydrogen-bond donors (Lipinski definition) is 1. The summed E-state index contributed by atoms with van der Waals surface area (Å²) in [4.78, 5) is 0. The molecule has 0 aromatic heterocycles. The number of hydrogen-bond acceptors (Lipinski definition) is 1. The second kappa shape index (κ2) is 6.52. The van der Waals surface area contributed by atoms with Gasteiger partial charge in [-0.1, -0.05) is 40.0 Å². The maximum Gasteiger partial charge on any atom is 0.00977 e. The minimum absolute atomic E-state index is 0.696. The quantitative estimate of drug-likeness (QED) is 0.725. The van der Waals surface area contributed by atoms with Crippen LogP contribution >= 0.6 is 0 Å². The topological polar surface area (TPSA) is 12.0 Å². The van der Waals surface area contributed by atoms with Gasteiger partial charge in [-0.15, -0.1) is 0 Å². The first-order valence-corrected chi connectivity index (χ1v) is 6.89. The van der Waals surface area contributed by atoms with Gasteiger partial charge >= 0.3 is 0 Å². The average molecular weight is 211 g/mol. The van der Waals surface area contributed by atoms with E-state index >= 15 is 0 Å². The van der Waals surface area contributed by atoms with Crippen LogP contribution in [0.5, 0.6) is 0 Å². The molecule has 1 N–H and O–H groups in total. The van der Waals surface area contributed by atoms with Gasteiger partial charge in [0.1, 0.15) is 0 Å². The molecule has 0 saturated heterocycles. The molecule has 0 aliphatic heterocycles. The summed E-state index contributed by atoms with van der Waals surface area (Å²) in [5.74, 6) is 1.75. The minimum atomic E-state index is 0.696. The van der Waals surface area contributed by atoms with Gasteiger partial charge in [-0.2, -0.15) is 0 Å². The van der Waals surface area contributed by atoms with Gasteiger partial charge in [0.2, 0.25) is 0 Å². The smallest absolute Gasteiger partial charge is 0.00977 e. The summed E-state index contributed by atoms with van der Waals surface area (Å²) in [6, 6.07) is 1.50. The van der Waals surface area contributed by atoms with E-state index in [4.69, 9.17) is 0 Å². The van der Waals surface area contributed by atoms with Crippen molar-refractivity contribution in [1.82, 2.24) is 5.32 Å². The first kappa shape index (κ1) is 13.0. The zero-order chi connectivity index (χ0) is 11.3. The van der Waals surface area contributed by atoms with Crippen LogP contribution in [0, 0.1) is 11.8 Å². The van der Waals surface area contributed by atoms with E-state index in [1.165, 1.54) is 38.5 Å². The molecule has 1 rings (SSSR count). The third kappa shape index (κ3) is 4.55. The Morgan fingerprint density at radius 2 is 1.80 bits per heavy atom. The monoisotopic (exact) mass is 211 g/mol. The molecule has 1 fully saturated rings. The van der Waals surface area contributed by atoms with Crippen LogP contribution in [0.4, 0.5) is 0 Å². The summed E-state index contributed by atoms with van der Waals surface area (Å²) in [5.41, 5.74) is 0. The van der Waals surface area contributed by atoms with Crippen molar-refractivity contribution in [3.8, 4) is 0 Å². The van der Waals surface area contributed by atoms with Crippen LogP contribution in [0.25, 0.3) is 0 Å². The van der Waals surface area contributed by atoms with Crippen LogP contribution in [0.3, 0.4) is 0 Å². The third-order valence-electron chi connectivity index (χ3n) is 3.76. The fourth-order valence-electron chi connectivity index (χ4n) is 3.06. The lowest BCUT2D eigenvalue weighted by Crippen LogP contribution is -2.43. The minimum Gasteiger partial charge on any atom is -0.311 e. The van der Waals surface area contributed by atoms with Crippen LogP contribution < -0.4 is 5.32 Å². The highest BCUT2D eigenvalue weighted by atomic mass is 15.0. The van der Waals surface area contributed by atoms with Crippen molar-refractivity contribution in [2.45, 2.75) is 78.3 Å². The molecule has 0 amide bonds. The lowest BCUT2D eigenvalue weighted by molar-refractivity contribution is 0.231. The van der Waals surface area contributed by atoms with E-state index < -0.39 is 0 Å². The lowest BCUT2D eigenvalue weighted by Gasteiger charge is -2.34. The molecule has 1 saturated carbocycles. The van der Waals surface area contributed by atoms with Gasteiger partial charge in [0, 0.05) is 12.1 Å². The molecule has 3 atom stereocenters. The van der Waals surface area contributed by atoms with Gasteiger partial charge in [-0.05, 0) is 38.0 Å². The Kier molecular flexibility index (Phi) is 5.66. The normalized spacial score (nSPS) is 29.4. The van der Waals surface area contributed by atoms with E-state index in [9.17, 15) is 0 Å². The van der Waals surface area contributed by atoms with E-state index in [2.05, 4.69) is 33.0 Å². The Balaban J connectivity index is 2.33. The predicted octanol–water partition coefficient (Wildman–Crippen LogP) is 3.98. The number of nitrogens with one attached hydrogen (secondary N) is 1. The van der Waals surface area contributed by atoms with Crippen LogP contribution in [0.2, 0.25) is 0 Å². The fraction of sp³-hybridized carbons (Fsp3) is 1.00. The van der Waals surface area contributed by atoms with E-state index in [0.29, 0.717) is 6.04 Å². The standard InChI is InChI=1S/C14H29N/c1-5-13-8-6-7-9-14(13)15-12(4)10-11(2)3/h11-15H,5-10H2,1-4H3. The van der Waals surface area contributed by atoms with E-state index in [0.717, 1.165) is 17.9 Å². The Labute approximate surface area is 96.0 Å². The largest absolute Gasteiger partial charge is 0.311 e. The molecule has 0 radical (unpaired) electrons. The molecule has 0 heterocycles. The van der Waals surface area contributed by atoms with E-state index in [1.807, 2.05) is 0 Å². The molecule has 15 heavy (non-hydrogen) atoms. The number of rotatable bonds is 5. The Morgan fingerprint density at radius 3 is 2.40 bits per heavy atom. The summed E-state index contributed by atoms with van der Waals surface area (Å²) in [7, 11) is 0. The molecule has 90 valence electrons. The van der Waals surface area contributed by atoms with Gasteiger partial charge in [-0.3, -0.25) is 0 Å². The molecule has 1 aliphatic rings. The highest BCUT2D eigenvalue weighted by Gasteiger charge is 2.24. The van der Waals surface area contributed by atoms with Crippen molar-refractivity contribution in [1.29, 1.82) is 0 Å². The molecule has 0 aromatic carbocycles. The first-order chi connectivity index (χ1) is 7.13. The second-order valence-corrected chi connectivity index (χ2v) is 5.76. The molecule has 1 nitrogen and oxygen atoms in total. The van der Waals surface area contributed by atoms with Crippen molar-refractivity contribution in [2.75, 3.05) is 0 Å². The van der Waals surface area contributed by atoms with Crippen molar-refractivity contribution in [3.63, 3.8) is 0 Å². The van der Waals surface area contributed by atoms with Gasteiger partial charge < -0.3 is 5.32 Å². The third-order valence-corrected chi connectivity index (χ3v) is 3.76. The first-order valence-electron chi connectivity index (χ1n) is 6.89. The van der Waals surface area contributed by atoms with Gasteiger partial charge in [0.05, 0.1) is 0 Å². The zero-order valence-electron chi connectivity index (χ0n) is 11.1. The van der Waals surface area contributed by atoms with Gasteiger partial charge in [-0.25, -0.2) is 0 Å².